The molecule has 1 aliphatic rings. The lowest BCUT2D eigenvalue weighted by atomic mass is 9.89. The van der Waals surface area contributed by atoms with Crippen molar-refractivity contribution in [3.63, 3.8) is 0 Å². The molecule has 2 nitrogen and oxygen atoms in total. The van der Waals surface area contributed by atoms with Gasteiger partial charge in [-0.3, -0.25) is 4.90 Å². The van der Waals surface area contributed by atoms with E-state index in [0.717, 1.165) is 25.6 Å². The molecule has 1 aromatic rings. The van der Waals surface area contributed by atoms with Gasteiger partial charge in [0.2, 0.25) is 0 Å². The van der Waals surface area contributed by atoms with Crippen molar-refractivity contribution in [2.45, 2.75) is 32.5 Å². The van der Waals surface area contributed by atoms with E-state index >= 15 is 0 Å². The largest absolute Gasteiger partial charge is 0.419 e. The lowest BCUT2D eigenvalue weighted by Crippen LogP contribution is -2.46. The van der Waals surface area contributed by atoms with Crippen LogP contribution < -0.4 is 5.32 Å². The summed E-state index contributed by atoms with van der Waals surface area (Å²) in [6.07, 6.45) is -3.88. The van der Waals surface area contributed by atoms with Gasteiger partial charge in [-0.15, -0.1) is 0 Å². The normalized spacial score (nSPS) is 19.9. The summed E-state index contributed by atoms with van der Waals surface area (Å²) in [5, 5.41) is 3.21. The predicted octanol–water partition coefficient (Wildman–Crippen LogP) is 3.84. The number of alkyl halides is 3. The van der Waals surface area contributed by atoms with Crippen LogP contribution in [0.4, 0.5) is 17.6 Å². The first kappa shape index (κ1) is 17.2. The maximum Gasteiger partial charge on any atom is 0.419 e. The van der Waals surface area contributed by atoms with Crippen molar-refractivity contribution >= 4 is 0 Å². The number of nitrogens with one attached hydrogen (secondary N) is 1. The van der Waals surface area contributed by atoms with E-state index in [0.29, 0.717) is 13.1 Å². The highest BCUT2D eigenvalue weighted by atomic mass is 19.4. The van der Waals surface area contributed by atoms with Crippen LogP contribution in [0.3, 0.4) is 0 Å². The lowest BCUT2D eigenvalue weighted by Gasteiger charge is -2.38. The molecule has 1 N–H and O–H groups in total. The fourth-order valence-electron chi connectivity index (χ4n) is 3.04. The zero-order valence-corrected chi connectivity index (χ0v) is 12.9. The number of hydrogen-bond donors (Lipinski definition) is 1. The molecule has 22 heavy (non-hydrogen) atoms. The predicted molar refractivity (Wildman–Crippen MR) is 78.0 cm³/mol. The van der Waals surface area contributed by atoms with Crippen LogP contribution in [0.1, 0.15) is 37.4 Å². The molecule has 2 rings (SSSR count). The Labute approximate surface area is 128 Å². The van der Waals surface area contributed by atoms with Gasteiger partial charge in [0.25, 0.3) is 0 Å². The molecule has 0 saturated carbocycles. The maximum absolute atomic E-state index is 14.5. The van der Waals surface area contributed by atoms with Crippen LogP contribution in [0.5, 0.6) is 0 Å². The van der Waals surface area contributed by atoms with Gasteiger partial charge in [0.15, 0.2) is 0 Å². The van der Waals surface area contributed by atoms with Crippen LogP contribution in [0.25, 0.3) is 0 Å². The molecule has 1 aliphatic heterocycles. The summed E-state index contributed by atoms with van der Waals surface area (Å²) in [6.45, 7) is 6.91. The number of piperazine rings is 1. The third kappa shape index (κ3) is 3.60. The minimum absolute atomic E-state index is 0.0797. The van der Waals surface area contributed by atoms with Gasteiger partial charge in [0.05, 0.1) is 5.56 Å². The van der Waals surface area contributed by atoms with E-state index in [1.165, 1.54) is 12.1 Å². The van der Waals surface area contributed by atoms with E-state index in [-0.39, 0.29) is 17.5 Å². The van der Waals surface area contributed by atoms with Gasteiger partial charge >= 0.3 is 6.18 Å². The van der Waals surface area contributed by atoms with Gasteiger partial charge in [-0.2, -0.15) is 13.2 Å². The summed E-state index contributed by atoms with van der Waals surface area (Å²) in [6, 6.07) is 3.28. The Morgan fingerprint density at radius 1 is 1.23 bits per heavy atom. The molecule has 0 bridgehead atoms. The fourth-order valence-corrected chi connectivity index (χ4v) is 3.04. The Hall–Kier alpha value is -1.14. The van der Waals surface area contributed by atoms with Crippen LogP contribution >= 0.6 is 0 Å². The number of nitrogens with zero attached hydrogens (tertiary/aromatic N) is 1. The van der Waals surface area contributed by atoms with Crippen molar-refractivity contribution in [1.82, 2.24) is 10.2 Å². The summed E-state index contributed by atoms with van der Waals surface area (Å²) in [4.78, 5) is 2.09. The van der Waals surface area contributed by atoms with E-state index in [4.69, 9.17) is 0 Å². The van der Waals surface area contributed by atoms with Gasteiger partial charge in [-0.1, -0.05) is 32.4 Å². The van der Waals surface area contributed by atoms with Gasteiger partial charge in [0.1, 0.15) is 5.82 Å². The van der Waals surface area contributed by atoms with Crippen molar-refractivity contribution in [1.29, 1.82) is 0 Å². The Balaban J connectivity index is 2.43. The zero-order valence-electron chi connectivity index (χ0n) is 12.9. The van der Waals surface area contributed by atoms with E-state index in [9.17, 15) is 17.6 Å². The quantitative estimate of drug-likeness (QED) is 0.849. The highest BCUT2D eigenvalue weighted by Crippen LogP contribution is 2.38. The van der Waals surface area contributed by atoms with Gasteiger partial charge in [-0.25, -0.2) is 4.39 Å². The van der Waals surface area contributed by atoms with Crippen molar-refractivity contribution in [3.8, 4) is 0 Å². The number of rotatable bonds is 4. The standard InChI is InChI=1S/C16H22F4N2/c1-3-11(2)15(22-9-7-21-8-10-22)12-5-4-6-13(14(12)17)16(18,19)20/h4-6,11,15,21H,3,7-10H2,1-2H3/t11?,15-/m1/s1. The Kier molecular flexibility index (Phi) is 5.45. The van der Waals surface area contributed by atoms with Crippen LogP contribution in [0.2, 0.25) is 0 Å². The second kappa shape index (κ2) is 6.96. The molecule has 0 aromatic heterocycles. The lowest BCUT2D eigenvalue weighted by molar-refractivity contribution is -0.140. The summed E-state index contributed by atoms with van der Waals surface area (Å²) >= 11 is 0. The third-order valence-corrected chi connectivity index (χ3v) is 4.38. The molecule has 0 spiro atoms. The van der Waals surface area contributed by atoms with Gasteiger partial charge in [0, 0.05) is 37.8 Å². The molecule has 0 amide bonds. The molecule has 124 valence electrons. The highest BCUT2D eigenvalue weighted by molar-refractivity contribution is 5.31. The van der Waals surface area contributed by atoms with E-state index < -0.39 is 17.6 Å². The summed E-state index contributed by atoms with van der Waals surface area (Å²) in [5.41, 5.74) is -1.01. The molecule has 1 aromatic carbocycles. The molecule has 0 radical (unpaired) electrons. The molecule has 1 saturated heterocycles. The SMILES string of the molecule is CCC(C)[C@H](c1cccc(C(F)(F)F)c1F)N1CCNCC1. The van der Waals surface area contributed by atoms with E-state index in [1.807, 2.05) is 13.8 Å². The van der Waals surface area contributed by atoms with Crippen molar-refractivity contribution in [3.05, 3.63) is 35.1 Å². The van der Waals surface area contributed by atoms with Crippen molar-refractivity contribution < 1.29 is 17.6 Å². The first-order valence-corrected chi connectivity index (χ1v) is 7.66. The van der Waals surface area contributed by atoms with Crippen LogP contribution in [-0.4, -0.2) is 31.1 Å². The smallest absolute Gasteiger partial charge is 0.314 e. The van der Waals surface area contributed by atoms with E-state index in [1.54, 1.807) is 0 Å². The molecular weight excluding hydrogens is 296 g/mol. The fraction of sp³-hybridized carbons (Fsp3) is 0.625. The minimum atomic E-state index is -4.66. The highest BCUT2D eigenvalue weighted by Gasteiger charge is 2.37. The Morgan fingerprint density at radius 3 is 2.41 bits per heavy atom. The first-order chi connectivity index (χ1) is 10.4. The first-order valence-electron chi connectivity index (χ1n) is 7.66. The van der Waals surface area contributed by atoms with Crippen LogP contribution in [-0.2, 0) is 6.18 Å². The third-order valence-electron chi connectivity index (χ3n) is 4.38. The molecular formula is C16H22F4N2. The number of halogens is 4. The number of benzene rings is 1. The average molecular weight is 318 g/mol. The Morgan fingerprint density at radius 2 is 1.86 bits per heavy atom. The van der Waals surface area contributed by atoms with Crippen molar-refractivity contribution in [2.24, 2.45) is 5.92 Å². The van der Waals surface area contributed by atoms with Gasteiger partial charge < -0.3 is 5.32 Å². The zero-order chi connectivity index (χ0) is 16.3. The average Bonchev–Trinajstić information content (AvgIpc) is 2.49. The molecule has 1 fully saturated rings. The monoisotopic (exact) mass is 318 g/mol. The Bertz CT molecular complexity index is 495. The molecule has 1 unspecified atom stereocenters. The summed E-state index contributed by atoms with van der Waals surface area (Å²) < 4.78 is 53.4. The summed E-state index contributed by atoms with van der Waals surface area (Å²) in [5.74, 6) is -1.05. The van der Waals surface area contributed by atoms with Crippen molar-refractivity contribution in [2.75, 3.05) is 26.2 Å². The second-order valence-corrected chi connectivity index (χ2v) is 5.82. The van der Waals surface area contributed by atoms with E-state index in [2.05, 4.69) is 10.2 Å². The van der Waals surface area contributed by atoms with Gasteiger partial charge in [-0.05, 0) is 12.0 Å². The molecule has 0 aliphatic carbocycles. The minimum Gasteiger partial charge on any atom is -0.314 e. The number of hydrogen-bond acceptors (Lipinski definition) is 2. The summed E-state index contributed by atoms with van der Waals surface area (Å²) in [7, 11) is 0. The molecule has 1 heterocycles. The van der Waals surface area contributed by atoms with Crippen LogP contribution in [0, 0.1) is 11.7 Å². The molecule has 2 atom stereocenters. The topological polar surface area (TPSA) is 15.3 Å². The second-order valence-electron chi connectivity index (χ2n) is 5.82. The molecule has 6 heteroatoms. The maximum atomic E-state index is 14.5. The van der Waals surface area contributed by atoms with Crippen LogP contribution in [0.15, 0.2) is 18.2 Å².